The molecular formula is C49H49N7O7. The summed E-state index contributed by atoms with van der Waals surface area (Å²) in [7, 11) is 0. The zero-order valence-electron chi connectivity index (χ0n) is 34.6. The Labute approximate surface area is 363 Å². The topological polar surface area (TPSA) is 197 Å². The fraction of sp³-hybridized carbons (Fsp3) is 0.286. The van der Waals surface area contributed by atoms with Crippen LogP contribution >= 0.6 is 0 Å². The Morgan fingerprint density at radius 2 is 1.11 bits per heavy atom. The van der Waals surface area contributed by atoms with Crippen LogP contribution in [0.1, 0.15) is 49.7 Å². The van der Waals surface area contributed by atoms with E-state index >= 15 is 0 Å². The second kappa shape index (κ2) is 18.1. The summed E-state index contributed by atoms with van der Waals surface area (Å²) >= 11 is 0. The van der Waals surface area contributed by atoms with Gasteiger partial charge in [0.15, 0.2) is 5.76 Å². The van der Waals surface area contributed by atoms with Gasteiger partial charge in [-0.25, -0.2) is 4.98 Å². The van der Waals surface area contributed by atoms with E-state index in [-0.39, 0.29) is 61.4 Å². The van der Waals surface area contributed by atoms with Crippen molar-refractivity contribution in [3.05, 3.63) is 127 Å². The normalized spacial score (nSPS) is 17.3. The molecule has 63 heavy (non-hydrogen) atoms. The van der Waals surface area contributed by atoms with Gasteiger partial charge < -0.3 is 45.0 Å². The van der Waals surface area contributed by atoms with Crippen LogP contribution in [-0.2, 0) is 32.0 Å². The van der Waals surface area contributed by atoms with Crippen molar-refractivity contribution in [2.24, 2.45) is 0 Å². The number of para-hydroxylation sites is 2. The minimum Gasteiger partial charge on any atom is -0.436 e. The number of carbonyl (C=O) groups excluding carboxylic acids is 4. The first-order valence-corrected chi connectivity index (χ1v) is 21.5. The number of aliphatic hydroxyl groups excluding tert-OH is 2. The number of aromatic nitrogens is 3. The highest BCUT2D eigenvalue weighted by atomic mass is 16.4. The van der Waals surface area contributed by atoms with Crippen LogP contribution in [0.15, 0.2) is 120 Å². The quantitative estimate of drug-likeness (QED) is 0.0686. The first kappa shape index (κ1) is 41.3. The fourth-order valence-corrected chi connectivity index (χ4v) is 9.06. The summed E-state index contributed by atoms with van der Waals surface area (Å²) < 4.78 is 6.08. The van der Waals surface area contributed by atoms with Crippen LogP contribution in [0.25, 0.3) is 44.6 Å². The molecule has 7 aromatic rings. The molecular weight excluding hydrogens is 799 g/mol. The lowest BCUT2D eigenvalue weighted by Gasteiger charge is -2.26. The number of benzene rings is 4. The molecule has 2 fully saturated rings. The van der Waals surface area contributed by atoms with Gasteiger partial charge in [-0.3, -0.25) is 19.2 Å². The SMILES string of the molecule is O=C(C[C@@H]1CCCN1C(=O)C(O)Cc1c[nH]c2ccccc12)Nc1ccc(-c2cnc(-c3ccc(NC(=O)C[C@@H]4CCCN4C(=O)C(O)Cc4c[nH]c5ccccc45)cc3)o2)cc1. The Morgan fingerprint density at radius 3 is 1.60 bits per heavy atom. The van der Waals surface area contributed by atoms with Crippen molar-refractivity contribution in [2.75, 3.05) is 23.7 Å². The Hall–Kier alpha value is -7.03. The molecule has 0 bridgehead atoms. The molecule has 4 aromatic carbocycles. The van der Waals surface area contributed by atoms with E-state index in [1.807, 2.05) is 73.1 Å². The lowest BCUT2D eigenvalue weighted by molar-refractivity contribution is -0.142. The van der Waals surface area contributed by atoms with Crippen LogP contribution in [0, 0.1) is 0 Å². The summed E-state index contributed by atoms with van der Waals surface area (Å²) in [4.78, 5) is 67.0. The number of carbonyl (C=O) groups is 4. The Morgan fingerprint density at radius 1 is 0.651 bits per heavy atom. The summed E-state index contributed by atoms with van der Waals surface area (Å²) in [6.07, 6.45) is 6.42. The molecule has 14 heteroatoms. The van der Waals surface area contributed by atoms with Crippen molar-refractivity contribution >= 4 is 56.8 Å². The van der Waals surface area contributed by atoms with E-state index in [1.165, 1.54) is 0 Å². The average Bonchev–Trinajstić information content (AvgIpc) is 4.16. The van der Waals surface area contributed by atoms with Crippen LogP contribution in [0.5, 0.6) is 0 Å². The number of amides is 4. The van der Waals surface area contributed by atoms with Crippen LogP contribution < -0.4 is 10.6 Å². The van der Waals surface area contributed by atoms with Gasteiger partial charge in [-0.2, -0.15) is 0 Å². The zero-order chi connectivity index (χ0) is 43.5. The molecule has 2 unspecified atom stereocenters. The maximum atomic E-state index is 13.3. The zero-order valence-corrected chi connectivity index (χ0v) is 34.6. The maximum Gasteiger partial charge on any atom is 0.252 e. The summed E-state index contributed by atoms with van der Waals surface area (Å²) in [6, 6.07) is 29.3. The lowest BCUT2D eigenvalue weighted by Crippen LogP contribution is -2.44. The largest absolute Gasteiger partial charge is 0.436 e. The Balaban J connectivity index is 0.741. The molecule has 2 aliphatic rings. The molecule has 322 valence electrons. The van der Waals surface area contributed by atoms with Gasteiger partial charge in [-0.05, 0) is 97.5 Å². The van der Waals surface area contributed by atoms with Gasteiger partial charge in [0.1, 0.15) is 12.2 Å². The number of likely N-dealkylation sites (tertiary alicyclic amines) is 2. The molecule has 2 aliphatic heterocycles. The lowest BCUT2D eigenvalue weighted by atomic mass is 10.0. The van der Waals surface area contributed by atoms with Crippen molar-refractivity contribution < 1.29 is 33.8 Å². The third-order valence-corrected chi connectivity index (χ3v) is 12.3. The average molecular weight is 848 g/mol. The number of anilines is 2. The second-order valence-corrected chi connectivity index (χ2v) is 16.5. The standard InChI is InChI=1S/C49H49N7O7/c57-42(23-32-27-50-40-11-3-1-9-38(32)40)48(61)55-21-5-7-36(55)25-45(59)53-34-17-13-30(14-18-34)44-29-52-47(63-44)31-15-19-35(20-16-31)54-46(60)26-37-8-6-22-56(37)49(62)43(58)24-33-28-51-41-12-4-2-10-39(33)41/h1-4,9-20,27-29,36-37,42-43,50-51,57-58H,5-8,21-26H2,(H,53,59)(H,54,60)/t36-,37-,42?,43?/m0/s1. The van der Waals surface area contributed by atoms with E-state index in [4.69, 9.17) is 4.42 Å². The number of rotatable bonds is 14. The molecule has 0 spiro atoms. The van der Waals surface area contributed by atoms with E-state index in [0.717, 1.165) is 51.3 Å². The van der Waals surface area contributed by atoms with Gasteiger partial charge in [-0.15, -0.1) is 0 Å². The van der Waals surface area contributed by atoms with E-state index < -0.39 is 12.2 Å². The van der Waals surface area contributed by atoms with Crippen LogP contribution in [0.2, 0.25) is 0 Å². The molecule has 4 atom stereocenters. The summed E-state index contributed by atoms with van der Waals surface area (Å²) in [5.74, 6) is -0.226. The number of oxazole rings is 1. The van der Waals surface area contributed by atoms with Gasteiger partial charge in [0.25, 0.3) is 11.8 Å². The predicted molar refractivity (Wildman–Crippen MR) is 239 cm³/mol. The fourth-order valence-electron chi connectivity index (χ4n) is 9.06. The van der Waals surface area contributed by atoms with E-state index in [9.17, 15) is 29.4 Å². The monoisotopic (exact) mass is 847 g/mol. The molecule has 2 saturated heterocycles. The number of aliphatic hydroxyl groups is 2. The molecule has 0 radical (unpaired) electrons. The smallest absolute Gasteiger partial charge is 0.252 e. The molecule has 14 nitrogen and oxygen atoms in total. The first-order valence-electron chi connectivity index (χ1n) is 21.5. The number of nitrogens with zero attached hydrogens (tertiary/aromatic N) is 3. The van der Waals surface area contributed by atoms with Crippen molar-refractivity contribution in [2.45, 2.75) is 75.7 Å². The second-order valence-electron chi connectivity index (χ2n) is 16.5. The maximum absolute atomic E-state index is 13.3. The first-order chi connectivity index (χ1) is 30.7. The molecule has 0 saturated carbocycles. The summed E-state index contributed by atoms with van der Waals surface area (Å²) in [5, 5.41) is 29.6. The number of hydrogen-bond donors (Lipinski definition) is 6. The third kappa shape index (κ3) is 9.13. The summed E-state index contributed by atoms with van der Waals surface area (Å²) in [6.45, 7) is 1.00. The highest BCUT2D eigenvalue weighted by Gasteiger charge is 2.35. The number of aromatic amines is 2. The Bertz CT molecular complexity index is 2570. The molecule has 9 rings (SSSR count). The van der Waals surface area contributed by atoms with Crippen LogP contribution in [0.4, 0.5) is 11.4 Å². The van der Waals surface area contributed by atoms with Crippen molar-refractivity contribution in [1.29, 1.82) is 0 Å². The molecule has 3 aromatic heterocycles. The minimum absolute atomic E-state index is 0.123. The highest BCUT2D eigenvalue weighted by molar-refractivity contribution is 5.93. The van der Waals surface area contributed by atoms with Gasteiger partial charge in [-0.1, -0.05) is 36.4 Å². The molecule has 6 N–H and O–H groups in total. The predicted octanol–water partition coefficient (Wildman–Crippen LogP) is 6.82. The number of hydrogen-bond acceptors (Lipinski definition) is 8. The van der Waals surface area contributed by atoms with Gasteiger partial charge in [0, 0.05) is 108 Å². The van der Waals surface area contributed by atoms with Crippen molar-refractivity contribution in [3.8, 4) is 22.8 Å². The van der Waals surface area contributed by atoms with Gasteiger partial charge in [0.05, 0.1) is 6.20 Å². The van der Waals surface area contributed by atoms with Crippen LogP contribution in [-0.4, -0.2) is 96.0 Å². The molecule has 4 amide bonds. The number of fused-ring (bicyclic) bond motifs is 2. The third-order valence-electron chi connectivity index (χ3n) is 12.3. The molecule has 0 aliphatic carbocycles. The van der Waals surface area contributed by atoms with Crippen LogP contribution in [0.3, 0.4) is 0 Å². The summed E-state index contributed by atoms with van der Waals surface area (Å²) in [5.41, 5.74) is 6.31. The van der Waals surface area contributed by atoms with E-state index in [0.29, 0.717) is 54.5 Å². The van der Waals surface area contributed by atoms with E-state index in [1.54, 1.807) is 52.4 Å². The number of nitrogens with one attached hydrogen (secondary N) is 4. The van der Waals surface area contributed by atoms with Gasteiger partial charge >= 0.3 is 0 Å². The minimum atomic E-state index is -1.20. The Kier molecular flexibility index (Phi) is 11.9. The van der Waals surface area contributed by atoms with Gasteiger partial charge in [0.2, 0.25) is 17.7 Å². The van der Waals surface area contributed by atoms with Crippen molar-refractivity contribution in [3.63, 3.8) is 0 Å². The van der Waals surface area contributed by atoms with Crippen molar-refractivity contribution in [1.82, 2.24) is 24.8 Å². The van der Waals surface area contributed by atoms with E-state index in [2.05, 4.69) is 25.6 Å². The highest BCUT2D eigenvalue weighted by Crippen LogP contribution is 2.30. The number of H-pyrrole nitrogens is 2. The molecule has 5 heterocycles.